The number of pyridine rings is 1. The number of rotatable bonds is 2. The highest BCUT2D eigenvalue weighted by Gasteiger charge is 2.42. The normalized spacial score (nSPS) is 25.6. The molecule has 1 atom stereocenters. The molecule has 1 spiro atoms. The zero-order chi connectivity index (χ0) is 14.2. The molecule has 1 aromatic rings. The number of aryl methyl sites for hydroxylation is 1. The van der Waals surface area contributed by atoms with Crippen molar-refractivity contribution in [1.29, 1.82) is 0 Å². The Morgan fingerprint density at radius 2 is 2.10 bits per heavy atom. The molecule has 2 aliphatic rings. The van der Waals surface area contributed by atoms with E-state index in [-0.39, 0.29) is 0 Å². The van der Waals surface area contributed by atoms with E-state index in [2.05, 4.69) is 48.2 Å². The number of nitrogens with zero attached hydrogens (tertiary/aromatic N) is 2. The second-order valence-electron chi connectivity index (χ2n) is 6.97. The average molecular weight is 273 g/mol. The van der Waals surface area contributed by atoms with Gasteiger partial charge in [0.1, 0.15) is 0 Å². The van der Waals surface area contributed by atoms with Crippen LogP contribution in [0.4, 0.5) is 5.69 Å². The maximum atomic E-state index is 4.37. The van der Waals surface area contributed by atoms with Gasteiger partial charge in [-0.3, -0.25) is 4.98 Å². The van der Waals surface area contributed by atoms with Crippen LogP contribution in [-0.2, 0) is 0 Å². The van der Waals surface area contributed by atoms with Crippen LogP contribution in [0.2, 0.25) is 0 Å². The van der Waals surface area contributed by atoms with Gasteiger partial charge in [0.2, 0.25) is 0 Å². The van der Waals surface area contributed by atoms with Gasteiger partial charge in [-0.05, 0) is 37.3 Å². The fourth-order valence-corrected chi connectivity index (χ4v) is 3.93. The van der Waals surface area contributed by atoms with Crippen molar-refractivity contribution < 1.29 is 0 Å². The zero-order valence-electron chi connectivity index (χ0n) is 13.0. The molecule has 1 aliphatic carbocycles. The summed E-state index contributed by atoms with van der Waals surface area (Å²) >= 11 is 0. The van der Waals surface area contributed by atoms with E-state index in [1.807, 2.05) is 6.20 Å². The molecule has 1 saturated carbocycles. The first kappa shape index (κ1) is 13.9. The largest absolute Gasteiger partial charge is 0.364 e. The molecule has 0 amide bonds. The van der Waals surface area contributed by atoms with Gasteiger partial charge in [-0.25, -0.2) is 0 Å². The molecule has 1 unspecified atom stereocenters. The van der Waals surface area contributed by atoms with E-state index in [4.69, 9.17) is 0 Å². The second-order valence-corrected chi connectivity index (χ2v) is 6.97. The molecule has 0 bridgehead atoms. The maximum Gasteiger partial charge on any atom is 0.0586 e. The van der Waals surface area contributed by atoms with Crippen LogP contribution in [0.25, 0.3) is 0 Å². The fourth-order valence-electron chi connectivity index (χ4n) is 3.93. The summed E-state index contributed by atoms with van der Waals surface area (Å²) in [5.74, 6) is 0.654. The highest BCUT2D eigenvalue weighted by Crippen LogP contribution is 2.36. The van der Waals surface area contributed by atoms with Crippen LogP contribution in [0.15, 0.2) is 18.5 Å². The second kappa shape index (κ2) is 5.36. The summed E-state index contributed by atoms with van der Waals surface area (Å²) in [6.07, 6.45) is 9.36. The van der Waals surface area contributed by atoms with Crippen molar-refractivity contribution in [3.63, 3.8) is 0 Å². The summed E-state index contributed by atoms with van der Waals surface area (Å²) in [5.41, 5.74) is 3.04. The Morgan fingerprint density at radius 1 is 1.35 bits per heavy atom. The van der Waals surface area contributed by atoms with Crippen LogP contribution in [0.5, 0.6) is 0 Å². The number of hydrogen-bond donors (Lipinski definition) is 1. The van der Waals surface area contributed by atoms with E-state index in [0.717, 1.165) is 13.1 Å². The van der Waals surface area contributed by atoms with Crippen LogP contribution < -0.4 is 10.2 Å². The third kappa shape index (κ3) is 2.44. The maximum absolute atomic E-state index is 4.37. The number of aromatic nitrogens is 1. The van der Waals surface area contributed by atoms with Gasteiger partial charge in [-0.15, -0.1) is 0 Å². The van der Waals surface area contributed by atoms with E-state index in [0.29, 0.717) is 17.5 Å². The van der Waals surface area contributed by atoms with Crippen molar-refractivity contribution >= 4 is 5.69 Å². The SMILES string of the molecule is Cc1ccncc1N1CC2(CCCC2)NCC1C(C)C. The highest BCUT2D eigenvalue weighted by atomic mass is 15.3. The molecule has 0 aromatic carbocycles. The standard InChI is InChI=1S/C17H27N3/c1-13(2)15-11-19-17(7-4-5-8-17)12-20(15)16-10-18-9-6-14(16)3/h6,9-10,13,15,19H,4-5,7-8,11-12H2,1-3H3. The smallest absolute Gasteiger partial charge is 0.0586 e. The molecule has 1 saturated heterocycles. The minimum Gasteiger partial charge on any atom is -0.364 e. The van der Waals surface area contributed by atoms with Crippen molar-refractivity contribution in [2.75, 3.05) is 18.0 Å². The average Bonchev–Trinajstić information content (AvgIpc) is 2.87. The fraction of sp³-hybridized carbons (Fsp3) is 0.706. The van der Waals surface area contributed by atoms with Crippen LogP contribution in [0.1, 0.15) is 45.1 Å². The van der Waals surface area contributed by atoms with Gasteiger partial charge >= 0.3 is 0 Å². The van der Waals surface area contributed by atoms with E-state index >= 15 is 0 Å². The van der Waals surface area contributed by atoms with Crippen molar-refractivity contribution in [3.8, 4) is 0 Å². The van der Waals surface area contributed by atoms with Gasteiger partial charge in [0, 0.05) is 30.9 Å². The van der Waals surface area contributed by atoms with Crippen LogP contribution in [0, 0.1) is 12.8 Å². The number of anilines is 1. The highest BCUT2D eigenvalue weighted by molar-refractivity contribution is 5.53. The molecule has 1 aliphatic heterocycles. The van der Waals surface area contributed by atoms with E-state index in [9.17, 15) is 0 Å². The summed E-state index contributed by atoms with van der Waals surface area (Å²) in [6.45, 7) is 9.11. The van der Waals surface area contributed by atoms with E-state index in [1.54, 1.807) is 0 Å². The molecule has 0 radical (unpaired) electrons. The predicted octanol–water partition coefficient (Wildman–Crippen LogP) is 3.14. The molecule has 2 heterocycles. The number of nitrogens with one attached hydrogen (secondary N) is 1. The quantitative estimate of drug-likeness (QED) is 0.897. The Balaban J connectivity index is 1.92. The van der Waals surface area contributed by atoms with Crippen molar-refractivity contribution in [3.05, 3.63) is 24.0 Å². The Morgan fingerprint density at radius 3 is 2.75 bits per heavy atom. The number of hydrogen-bond acceptors (Lipinski definition) is 3. The lowest BCUT2D eigenvalue weighted by Crippen LogP contribution is -2.64. The van der Waals surface area contributed by atoms with Crippen molar-refractivity contribution in [2.45, 2.75) is 58.0 Å². The summed E-state index contributed by atoms with van der Waals surface area (Å²) in [6, 6.07) is 2.71. The molecule has 1 aromatic heterocycles. The Labute approximate surface area is 122 Å². The molecule has 2 fully saturated rings. The zero-order valence-corrected chi connectivity index (χ0v) is 13.0. The summed E-state index contributed by atoms with van der Waals surface area (Å²) in [7, 11) is 0. The summed E-state index contributed by atoms with van der Waals surface area (Å²) in [4.78, 5) is 7.00. The van der Waals surface area contributed by atoms with Gasteiger partial charge < -0.3 is 10.2 Å². The predicted molar refractivity (Wildman–Crippen MR) is 84.1 cm³/mol. The lowest BCUT2D eigenvalue weighted by molar-refractivity contribution is 0.245. The first-order chi connectivity index (χ1) is 9.61. The number of piperazine rings is 1. The van der Waals surface area contributed by atoms with Gasteiger partial charge in [0.25, 0.3) is 0 Å². The Bertz CT molecular complexity index is 463. The van der Waals surface area contributed by atoms with Crippen LogP contribution in [0.3, 0.4) is 0 Å². The van der Waals surface area contributed by atoms with Gasteiger partial charge in [-0.2, -0.15) is 0 Å². The minimum absolute atomic E-state index is 0.355. The molecule has 3 heteroatoms. The molecule has 110 valence electrons. The summed E-state index contributed by atoms with van der Waals surface area (Å²) in [5, 5.41) is 3.88. The van der Waals surface area contributed by atoms with Crippen molar-refractivity contribution in [2.24, 2.45) is 5.92 Å². The van der Waals surface area contributed by atoms with Gasteiger partial charge in [0.15, 0.2) is 0 Å². The lowest BCUT2D eigenvalue weighted by atomic mass is 9.88. The van der Waals surface area contributed by atoms with E-state index < -0.39 is 0 Å². The minimum atomic E-state index is 0.355. The topological polar surface area (TPSA) is 28.2 Å². The van der Waals surface area contributed by atoms with E-state index in [1.165, 1.54) is 36.9 Å². The lowest BCUT2D eigenvalue weighted by Gasteiger charge is -2.49. The third-order valence-corrected chi connectivity index (χ3v) is 5.21. The van der Waals surface area contributed by atoms with Gasteiger partial charge in [0.05, 0.1) is 11.9 Å². The molecular weight excluding hydrogens is 246 g/mol. The molecular formula is C17H27N3. The first-order valence-corrected chi connectivity index (χ1v) is 8.04. The first-order valence-electron chi connectivity index (χ1n) is 8.04. The van der Waals surface area contributed by atoms with Crippen molar-refractivity contribution in [1.82, 2.24) is 10.3 Å². The molecule has 3 nitrogen and oxygen atoms in total. The Hall–Kier alpha value is -1.09. The Kier molecular flexibility index (Phi) is 3.72. The van der Waals surface area contributed by atoms with Crippen LogP contribution >= 0.6 is 0 Å². The summed E-state index contributed by atoms with van der Waals surface area (Å²) < 4.78 is 0. The monoisotopic (exact) mass is 273 g/mol. The van der Waals surface area contributed by atoms with Gasteiger partial charge in [-0.1, -0.05) is 26.7 Å². The molecule has 20 heavy (non-hydrogen) atoms. The van der Waals surface area contributed by atoms with Crippen LogP contribution in [-0.4, -0.2) is 29.7 Å². The third-order valence-electron chi connectivity index (χ3n) is 5.21. The molecule has 3 rings (SSSR count). The molecule has 1 N–H and O–H groups in total.